The van der Waals surface area contributed by atoms with Gasteiger partial charge >= 0.3 is 0 Å². The van der Waals surface area contributed by atoms with Crippen molar-refractivity contribution in [2.24, 2.45) is 5.10 Å². The number of nitrogens with zero attached hydrogens (tertiary/aromatic N) is 5. The van der Waals surface area contributed by atoms with E-state index in [9.17, 15) is 14.0 Å². The maximum atomic E-state index is 13.7. The number of rotatable bonds is 9. The Bertz CT molecular complexity index is 1780. The zero-order chi connectivity index (χ0) is 29.8. The van der Waals surface area contributed by atoms with Crippen LogP contribution in [-0.4, -0.2) is 43.1 Å². The van der Waals surface area contributed by atoms with Gasteiger partial charge in [0.1, 0.15) is 5.82 Å². The van der Waals surface area contributed by atoms with Gasteiger partial charge in [0.25, 0.3) is 11.8 Å². The summed E-state index contributed by atoms with van der Waals surface area (Å²) in [6.45, 7) is 0.106. The van der Waals surface area contributed by atoms with Gasteiger partial charge in [0.15, 0.2) is 11.0 Å². The van der Waals surface area contributed by atoms with Crippen molar-refractivity contribution in [2.45, 2.75) is 24.2 Å². The number of benzene rings is 3. The number of amides is 2. The van der Waals surface area contributed by atoms with Crippen LogP contribution < -0.4 is 5.32 Å². The minimum atomic E-state index is -0.361. The lowest BCUT2D eigenvalue weighted by atomic mass is 10.0. The standard InChI is InChI=1S/C31H24ClFN6O2S2/c32-22-8-4-9-24(16-22)38-28(18-34-30(41)21-6-2-1-3-7-21)35-36-31(38)43-19-29(40)39-26(20-11-13-23(33)14-12-20)17-25(37-39)27-10-5-15-42-27/h1-16,26H,17-19H2,(H,34,41)/t26-/m0/s1. The molecule has 0 fully saturated rings. The fourth-order valence-electron chi connectivity index (χ4n) is 4.70. The SMILES string of the molecule is O=C(NCc1nnc(SCC(=O)N2N=C(c3cccs3)C[C@H]2c2ccc(F)cc2)n1-c1cccc(Cl)c1)c1ccccc1. The van der Waals surface area contributed by atoms with Crippen LogP contribution in [-0.2, 0) is 11.3 Å². The van der Waals surface area contributed by atoms with Crippen LogP contribution in [0.2, 0.25) is 5.02 Å². The number of hydrogen-bond donors (Lipinski definition) is 1. The van der Waals surface area contributed by atoms with Crippen LogP contribution in [0.3, 0.4) is 0 Å². The minimum Gasteiger partial charge on any atom is -0.345 e. The number of thioether (sulfide) groups is 1. The third kappa shape index (κ3) is 6.53. The monoisotopic (exact) mass is 630 g/mol. The number of carbonyl (C=O) groups excluding carboxylic acids is 2. The van der Waals surface area contributed by atoms with Gasteiger partial charge in [-0.25, -0.2) is 9.40 Å². The number of nitrogens with one attached hydrogen (secondary N) is 1. The first-order chi connectivity index (χ1) is 21.0. The first-order valence-electron chi connectivity index (χ1n) is 13.3. The van der Waals surface area contributed by atoms with Crippen LogP contribution in [0.5, 0.6) is 0 Å². The first-order valence-corrected chi connectivity index (χ1v) is 15.6. The number of aromatic nitrogens is 3. The summed E-state index contributed by atoms with van der Waals surface area (Å²) < 4.78 is 15.4. The van der Waals surface area contributed by atoms with Gasteiger partial charge in [0.2, 0.25) is 0 Å². The van der Waals surface area contributed by atoms with Gasteiger partial charge in [-0.15, -0.1) is 21.5 Å². The van der Waals surface area contributed by atoms with Crippen LogP contribution in [0.1, 0.15) is 39.1 Å². The van der Waals surface area contributed by atoms with Crippen molar-refractivity contribution in [1.29, 1.82) is 0 Å². The molecule has 0 bridgehead atoms. The summed E-state index contributed by atoms with van der Waals surface area (Å²) in [6.07, 6.45) is 0.520. The molecule has 0 saturated carbocycles. The van der Waals surface area contributed by atoms with Crippen LogP contribution in [0.4, 0.5) is 4.39 Å². The summed E-state index contributed by atoms with van der Waals surface area (Å²) in [7, 11) is 0. The second-order valence-corrected chi connectivity index (χ2v) is 11.9. The number of hydrazone groups is 1. The van der Waals surface area contributed by atoms with Crippen molar-refractivity contribution < 1.29 is 14.0 Å². The predicted molar refractivity (Wildman–Crippen MR) is 166 cm³/mol. The Morgan fingerprint density at radius 2 is 1.81 bits per heavy atom. The molecule has 0 unspecified atom stereocenters. The Labute approximate surface area is 260 Å². The van der Waals surface area contributed by atoms with Gasteiger partial charge in [0, 0.05) is 17.0 Å². The molecule has 12 heteroatoms. The Balaban J connectivity index is 1.24. The maximum absolute atomic E-state index is 13.7. The van der Waals surface area contributed by atoms with E-state index in [1.807, 2.05) is 35.7 Å². The topological polar surface area (TPSA) is 92.5 Å². The molecule has 216 valence electrons. The summed E-state index contributed by atoms with van der Waals surface area (Å²) in [6, 6.07) is 25.8. The molecule has 0 saturated heterocycles. The second-order valence-electron chi connectivity index (χ2n) is 9.59. The predicted octanol–water partition coefficient (Wildman–Crippen LogP) is 6.52. The summed E-state index contributed by atoms with van der Waals surface area (Å²) in [5.74, 6) is -0.319. The molecule has 6 rings (SSSR count). The molecular weight excluding hydrogens is 607 g/mol. The van der Waals surface area contributed by atoms with Gasteiger partial charge < -0.3 is 5.32 Å². The van der Waals surface area contributed by atoms with E-state index >= 15 is 0 Å². The highest BCUT2D eigenvalue weighted by molar-refractivity contribution is 7.99. The quantitative estimate of drug-likeness (QED) is 0.187. The number of hydrogen-bond acceptors (Lipinski definition) is 7. The largest absolute Gasteiger partial charge is 0.345 e. The van der Waals surface area contributed by atoms with Crippen LogP contribution >= 0.6 is 34.7 Å². The molecule has 0 aliphatic carbocycles. The van der Waals surface area contributed by atoms with Crippen molar-refractivity contribution in [2.75, 3.05) is 5.75 Å². The molecule has 5 aromatic rings. The normalized spacial score (nSPS) is 14.5. The third-order valence-electron chi connectivity index (χ3n) is 6.76. The molecule has 2 aromatic heterocycles. The van der Waals surface area contributed by atoms with E-state index in [4.69, 9.17) is 16.7 Å². The summed E-state index contributed by atoms with van der Waals surface area (Å²) in [4.78, 5) is 27.3. The fraction of sp³-hybridized carbons (Fsp3) is 0.129. The lowest BCUT2D eigenvalue weighted by molar-refractivity contribution is -0.130. The van der Waals surface area contributed by atoms with E-state index in [1.165, 1.54) is 28.9 Å². The maximum Gasteiger partial charge on any atom is 0.253 e. The van der Waals surface area contributed by atoms with Gasteiger partial charge in [-0.2, -0.15) is 5.10 Å². The molecule has 1 N–H and O–H groups in total. The molecule has 3 heterocycles. The highest BCUT2D eigenvalue weighted by Crippen LogP contribution is 2.35. The van der Waals surface area contributed by atoms with Crippen molar-refractivity contribution in [3.05, 3.63) is 129 Å². The van der Waals surface area contributed by atoms with Crippen molar-refractivity contribution in [3.8, 4) is 5.69 Å². The van der Waals surface area contributed by atoms with E-state index < -0.39 is 0 Å². The molecule has 1 aliphatic rings. The Kier molecular flexibility index (Phi) is 8.64. The molecular formula is C31H24ClFN6O2S2. The third-order valence-corrected chi connectivity index (χ3v) is 8.83. The molecule has 0 spiro atoms. The van der Waals surface area contributed by atoms with Crippen molar-refractivity contribution in [3.63, 3.8) is 0 Å². The van der Waals surface area contributed by atoms with Crippen LogP contribution in [0.15, 0.2) is 107 Å². The van der Waals surface area contributed by atoms with Gasteiger partial charge in [-0.1, -0.05) is 65.8 Å². The van der Waals surface area contributed by atoms with Gasteiger partial charge in [0.05, 0.1) is 34.6 Å². The highest BCUT2D eigenvalue weighted by Gasteiger charge is 2.33. The summed E-state index contributed by atoms with van der Waals surface area (Å²) >= 11 is 9.06. The van der Waals surface area contributed by atoms with Crippen molar-refractivity contribution >= 4 is 52.2 Å². The fourth-order valence-corrected chi connectivity index (χ4v) is 6.43. The summed E-state index contributed by atoms with van der Waals surface area (Å²) in [5, 5.41) is 20.7. The van der Waals surface area contributed by atoms with E-state index in [1.54, 1.807) is 64.4 Å². The van der Waals surface area contributed by atoms with Crippen LogP contribution in [0.25, 0.3) is 5.69 Å². The van der Waals surface area contributed by atoms with E-state index in [2.05, 4.69) is 15.5 Å². The van der Waals surface area contributed by atoms with E-state index in [0.717, 1.165) is 16.2 Å². The highest BCUT2D eigenvalue weighted by atomic mass is 35.5. The molecule has 1 aliphatic heterocycles. The van der Waals surface area contributed by atoms with E-state index in [-0.39, 0.29) is 36.0 Å². The van der Waals surface area contributed by atoms with Gasteiger partial charge in [-0.05, 0) is 59.5 Å². The second kappa shape index (κ2) is 12.9. The van der Waals surface area contributed by atoms with Crippen molar-refractivity contribution in [1.82, 2.24) is 25.1 Å². The lowest BCUT2D eigenvalue weighted by Crippen LogP contribution is -2.28. The van der Waals surface area contributed by atoms with E-state index in [0.29, 0.717) is 33.7 Å². The number of halogens is 2. The molecule has 8 nitrogen and oxygen atoms in total. The molecule has 43 heavy (non-hydrogen) atoms. The summed E-state index contributed by atoms with van der Waals surface area (Å²) in [5.41, 5.74) is 2.83. The minimum absolute atomic E-state index is 0.0218. The lowest BCUT2D eigenvalue weighted by Gasteiger charge is -2.22. The molecule has 0 radical (unpaired) electrons. The van der Waals surface area contributed by atoms with Gasteiger partial charge in [-0.3, -0.25) is 14.2 Å². The molecule has 1 atom stereocenters. The zero-order valence-electron chi connectivity index (χ0n) is 22.6. The zero-order valence-corrected chi connectivity index (χ0v) is 25.0. The molecule has 2 amide bonds. The smallest absolute Gasteiger partial charge is 0.253 e. The van der Waals surface area contributed by atoms with Crippen LogP contribution in [0, 0.1) is 5.82 Å². The Hall–Kier alpha value is -4.32. The average molecular weight is 631 g/mol. The number of carbonyl (C=O) groups is 2. The number of thiophene rings is 1. The Morgan fingerprint density at radius 1 is 1.00 bits per heavy atom. The molecule has 3 aromatic carbocycles. The first kappa shape index (κ1) is 28.8. The average Bonchev–Trinajstić information content (AvgIpc) is 3.80. The Morgan fingerprint density at radius 3 is 2.56 bits per heavy atom.